The molecule has 2 heteroatoms. The monoisotopic (exact) mass is 205 g/mol. The van der Waals surface area contributed by atoms with Crippen molar-refractivity contribution in [2.45, 2.75) is 38.7 Å². The Morgan fingerprint density at radius 1 is 1.07 bits per heavy atom. The molecule has 1 aliphatic carbocycles. The number of anilines is 1. The van der Waals surface area contributed by atoms with Crippen molar-refractivity contribution in [3.8, 4) is 5.75 Å². The molecule has 1 aliphatic rings. The summed E-state index contributed by atoms with van der Waals surface area (Å²) in [6.07, 6.45) is 5.36. The molecule has 2 nitrogen and oxygen atoms in total. The van der Waals surface area contributed by atoms with Gasteiger partial charge in [-0.05, 0) is 55.9 Å². The van der Waals surface area contributed by atoms with Crippen molar-refractivity contribution < 1.29 is 4.74 Å². The SMILES string of the molecule is CC1CCC(Oc2ccc(N)cc2)CC1. The van der Waals surface area contributed by atoms with Crippen LogP contribution in [0.25, 0.3) is 0 Å². The summed E-state index contributed by atoms with van der Waals surface area (Å²) >= 11 is 0. The molecule has 2 N–H and O–H groups in total. The van der Waals surface area contributed by atoms with E-state index in [0.717, 1.165) is 17.4 Å². The van der Waals surface area contributed by atoms with E-state index < -0.39 is 0 Å². The van der Waals surface area contributed by atoms with Gasteiger partial charge in [-0.2, -0.15) is 0 Å². The number of nitrogen functional groups attached to an aromatic ring is 1. The molecular weight excluding hydrogens is 186 g/mol. The second-order valence-corrected chi connectivity index (χ2v) is 4.57. The first kappa shape index (κ1) is 10.3. The van der Waals surface area contributed by atoms with E-state index in [-0.39, 0.29) is 0 Å². The van der Waals surface area contributed by atoms with E-state index >= 15 is 0 Å². The van der Waals surface area contributed by atoms with Crippen molar-refractivity contribution in [1.29, 1.82) is 0 Å². The Kier molecular flexibility index (Phi) is 3.14. The fraction of sp³-hybridized carbons (Fsp3) is 0.538. The van der Waals surface area contributed by atoms with E-state index in [0.29, 0.717) is 6.10 Å². The van der Waals surface area contributed by atoms with Crippen molar-refractivity contribution in [3.63, 3.8) is 0 Å². The smallest absolute Gasteiger partial charge is 0.119 e. The molecule has 82 valence electrons. The maximum Gasteiger partial charge on any atom is 0.119 e. The van der Waals surface area contributed by atoms with E-state index in [2.05, 4.69) is 6.92 Å². The van der Waals surface area contributed by atoms with Crippen LogP contribution in [0.15, 0.2) is 24.3 Å². The highest BCUT2D eigenvalue weighted by Crippen LogP contribution is 2.27. The van der Waals surface area contributed by atoms with Gasteiger partial charge in [0.15, 0.2) is 0 Å². The van der Waals surface area contributed by atoms with Gasteiger partial charge < -0.3 is 10.5 Å². The first-order valence-corrected chi connectivity index (χ1v) is 5.76. The van der Waals surface area contributed by atoms with Crippen LogP contribution in [0, 0.1) is 5.92 Å². The highest BCUT2D eigenvalue weighted by molar-refractivity contribution is 5.41. The Labute approximate surface area is 91.4 Å². The lowest BCUT2D eigenvalue weighted by Gasteiger charge is -2.26. The van der Waals surface area contributed by atoms with Gasteiger partial charge in [-0.25, -0.2) is 0 Å². The van der Waals surface area contributed by atoms with E-state index in [1.165, 1.54) is 25.7 Å². The molecule has 15 heavy (non-hydrogen) atoms. The molecule has 0 atom stereocenters. The summed E-state index contributed by atoms with van der Waals surface area (Å²) in [6, 6.07) is 7.68. The number of hydrogen-bond acceptors (Lipinski definition) is 2. The van der Waals surface area contributed by atoms with Crippen molar-refractivity contribution >= 4 is 5.69 Å². The average Bonchev–Trinajstić information content (AvgIpc) is 2.25. The maximum absolute atomic E-state index is 5.90. The third kappa shape index (κ3) is 2.88. The molecule has 0 aliphatic heterocycles. The van der Waals surface area contributed by atoms with Gasteiger partial charge in [0.1, 0.15) is 5.75 Å². The van der Waals surface area contributed by atoms with E-state index in [1.807, 2.05) is 24.3 Å². The van der Waals surface area contributed by atoms with Crippen LogP contribution in [0.5, 0.6) is 5.75 Å². The predicted molar refractivity (Wildman–Crippen MR) is 62.9 cm³/mol. The Hall–Kier alpha value is -1.18. The molecule has 0 unspecified atom stereocenters. The molecule has 1 saturated carbocycles. The lowest BCUT2D eigenvalue weighted by molar-refractivity contribution is 0.135. The van der Waals surface area contributed by atoms with Crippen LogP contribution < -0.4 is 10.5 Å². The van der Waals surface area contributed by atoms with Crippen LogP contribution in [0.2, 0.25) is 0 Å². The van der Waals surface area contributed by atoms with Gasteiger partial charge in [-0.1, -0.05) is 6.92 Å². The summed E-state index contributed by atoms with van der Waals surface area (Å²) in [6.45, 7) is 2.32. The molecule has 1 fully saturated rings. The van der Waals surface area contributed by atoms with E-state index in [4.69, 9.17) is 10.5 Å². The molecule has 0 spiro atoms. The molecule has 0 bridgehead atoms. The fourth-order valence-electron chi connectivity index (χ4n) is 2.09. The molecule has 0 heterocycles. The molecule has 0 amide bonds. The minimum atomic E-state index is 0.407. The van der Waals surface area contributed by atoms with Gasteiger partial charge in [0.2, 0.25) is 0 Å². The van der Waals surface area contributed by atoms with Crippen LogP contribution in [0.3, 0.4) is 0 Å². The van der Waals surface area contributed by atoms with E-state index in [9.17, 15) is 0 Å². The Morgan fingerprint density at radius 3 is 2.27 bits per heavy atom. The highest BCUT2D eigenvalue weighted by Gasteiger charge is 2.19. The fourth-order valence-corrected chi connectivity index (χ4v) is 2.09. The lowest BCUT2D eigenvalue weighted by atomic mass is 9.89. The molecule has 1 aromatic rings. The topological polar surface area (TPSA) is 35.2 Å². The average molecular weight is 205 g/mol. The standard InChI is InChI=1S/C13H19NO/c1-10-2-6-12(7-3-10)15-13-8-4-11(14)5-9-13/h4-5,8-10,12H,2-3,6-7,14H2,1H3. The number of nitrogens with two attached hydrogens (primary N) is 1. The second-order valence-electron chi connectivity index (χ2n) is 4.57. The van der Waals surface area contributed by atoms with E-state index in [1.54, 1.807) is 0 Å². The molecule has 0 saturated heterocycles. The van der Waals surface area contributed by atoms with Crippen LogP contribution in [0.1, 0.15) is 32.6 Å². The highest BCUT2D eigenvalue weighted by atomic mass is 16.5. The first-order chi connectivity index (χ1) is 7.24. The van der Waals surface area contributed by atoms with Crippen LogP contribution in [-0.4, -0.2) is 6.10 Å². The minimum absolute atomic E-state index is 0.407. The van der Waals surface area contributed by atoms with Crippen LogP contribution in [0.4, 0.5) is 5.69 Å². The Morgan fingerprint density at radius 2 is 1.67 bits per heavy atom. The zero-order valence-corrected chi connectivity index (χ0v) is 9.28. The number of rotatable bonds is 2. The Balaban J connectivity index is 1.89. The Bertz CT molecular complexity index is 299. The quantitative estimate of drug-likeness (QED) is 0.752. The number of ether oxygens (including phenoxy) is 1. The summed E-state index contributed by atoms with van der Waals surface area (Å²) in [5.41, 5.74) is 6.41. The third-order valence-corrected chi connectivity index (χ3v) is 3.15. The lowest BCUT2D eigenvalue weighted by Crippen LogP contribution is -2.22. The van der Waals surface area contributed by atoms with Crippen molar-refractivity contribution in [1.82, 2.24) is 0 Å². The molecule has 2 rings (SSSR count). The van der Waals surface area contributed by atoms with Crippen LogP contribution in [-0.2, 0) is 0 Å². The van der Waals surface area contributed by atoms with Gasteiger partial charge >= 0.3 is 0 Å². The predicted octanol–water partition coefficient (Wildman–Crippen LogP) is 3.23. The summed E-state index contributed by atoms with van der Waals surface area (Å²) in [4.78, 5) is 0. The van der Waals surface area contributed by atoms with Gasteiger partial charge in [-0.15, -0.1) is 0 Å². The second kappa shape index (κ2) is 4.56. The molecular formula is C13H19NO. The van der Waals surface area contributed by atoms with Gasteiger partial charge in [0.25, 0.3) is 0 Å². The summed E-state index contributed by atoms with van der Waals surface area (Å²) < 4.78 is 5.90. The summed E-state index contributed by atoms with van der Waals surface area (Å²) in [5, 5.41) is 0. The number of benzene rings is 1. The molecule has 0 radical (unpaired) electrons. The van der Waals surface area contributed by atoms with Gasteiger partial charge in [0.05, 0.1) is 6.10 Å². The molecule has 1 aromatic carbocycles. The van der Waals surface area contributed by atoms with Gasteiger partial charge in [0, 0.05) is 5.69 Å². The summed E-state index contributed by atoms with van der Waals surface area (Å²) in [5.74, 6) is 1.82. The normalized spacial score (nSPS) is 26.2. The van der Waals surface area contributed by atoms with Gasteiger partial charge in [-0.3, -0.25) is 0 Å². The minimum Gasteiger partial charge on any atom is -0.490 e. The zero-order chi connectivity index (χ0) is 10.7. The maximum atomic E-state index is 5.90. The zero-order valence-electron chi connectivity index (χ0n) is 9.28. The number of hydrogen-bond donors (Lipinski definition) is 1. The largest absolute Gasteiger partial charge is 0.490 e. The van der Waals surface area contributed by atoms with Crippen LogP contribution >= 0.6 is 0 Å². The first-order valence-electron chi connectivity index (χ1n) is 5.76. The van der Waals surface area contributed by atoms with Crippen molar-refractivity contribution in [3.05, 3.63) is 24.3 Å². The van der Waals surface area contributed by atoms with Crippen molar-refractivity contribution in [2.75, 3.05) is 5.73 Å². The van der Waals surface area contributed by atoms with Crippen molar-refractivity contribution in [2.24, 2.45) is 5.92 Å². The third-order valence-electron chi connectivity index (χ3n) is 3.15. The summed E-state index contributed by atoms with van der Waals surface area (Å²) in [7, 11) is 0. The molecule has 0 aromatic heterocycles.